The van der Waals surface area contributed by atoms with Crippen LogP contribution in [0.25, 0.3) is 0 Å². The van der Waals surface area contributed by atoms with Gasteiger partial charge in [0, 0.05) is 7.11 Å². The molecule has 0 saturated heterocycles. The second kappa shape index (κ2) is 10.2. The van der Waals surface area contributed by atoms with E-state index in [1.54, 1.807) is 31.4 Å². The van der Waals surface area contributed by atoms with Crippen molar-refractivity contribution in [3.63, 3.8) is 0 Å². The number of para-hydroxylation sites is 1. The van der Waals surface area contributed by atoms with E-state index in [1.165, 1.54) is 0 Å². The highest BCUT2D eigenvalue weighted by Crippen LogP contribution is 2.16. The van der Waals surface area contributed by atoms with E-state index in [2.05, 4.69) is 0 Å². The molecule has 0 aliphatic rings. The first-order valence-corrected chi connectivity index (χ1v) is 6.41. The van der Waals surface area contributed by atoms with Gasteiger partial charge in [0.2, 0.25) is 0 Å². The van der Waals surface area contributed by atoms with Crippen molar-refractivity contribution in [2.75, 3.05) is 46.8 Å². The van der Waals surface area contributed by atoms with Crippen molar-refractivity contribution in [3.05, 3.63) is 29.8 Å². The molecule has 0 aromatic heterocycles. The zero-order valence-corrected chi connectivity index (χ0v) is 11.7. The molecule has 0 aliphatic heterocycles. The van der Waals surface area contributed by atoms with Crippen molar-refractivity contribution in [2.24, 2.45) is 5.73 Å². The van der Waals surface area contributed by atoms with E-state index in [9.17, 15) is 4.79 Å². The molecular formula is C14H21NO5. The van der Waals surface area contributed by atoms with Crippen molar-refractivity contribution in [2.45, 2.75) is 0 Å². The summed E-state index contributed by atoms with van der Waals surface area (Å²) in [6.07, 6.45) is 0. The van der Waals surface area contributed by atoms with Gasteiger partial charge in [0.25, 0.3) is 5.91 Å². The lowest BCUT2D eigenvalue weighted by molar-refractivity contribution is 0.0179. The Morgan fingerprint density at radius 1 is 1.00 bits per heavy atom. The zero-order valence-electron chi connectivity index (χ0n) is 11.7. The molecule has 0 saturated carbocycles. The predicted octanol–water partition coefficient (Wildman–Crippen LogP) is 0.844. The monoisotopic (exact) mass is 283 g/mol. The minimum Gasteiger partial charge on any atom is -0.490 e. The quantitative estimate of drug-likeness (QED) is 0.609. The Bertz CT molecular complexity index is 397. The molecule has 0 unspecified atom stereocenters. The fourth-order valence-electron chi connectivity index (χ4n) is 1.47. The van der Waals surface area contributed by atoms with Crippen molar-refractivity contribution >= 4 is 5.91 Å². The summed E-state index contributed by atoms with van der Waals surface area (Å²) in [7, 11) is 1.63. The maximum atomic E-state index is 11.2. The zero-order chi connectivity index (χ0) is 14.6. The Morgan fingerprint density at radius 2 is 1.60 bits per heavy atom. The summed E-state index contributed by atoms with van der Waals surface area (Å²) in [6.45, 7) is 2.91. The molecule has 112 valence electrons. The maximum absolute atomic E-state index is 11.2. The Kier molecular flexibility index (Phi) is 8.37. The third-order valence-corrected chi connectivity index (χ3v) is 2.44. The van der Waals surface area contributed by atoms with E-state index in [4.69, 9.17) is 24.7 Å². The number of nitrogens with two attached hydrogens (primary N) is 1. The minimum absolute atomic E-state index is 0.350. The number of hydrogen-bond donors (Lipinski definition) is 1. The Labute approximate surface area is 118 Å². The van der Waals surface area contributed by atoms with Crippen LogP contribution < -0.4 is 10.5 Å². The lowest BCUT2D eigenvalue weighted by Crippen LogP contribution is -2.15. The summed E-state index contributed by atoms with van der Waals surface area (Å²) >= 11 is 0. The van der Waals surface area contributed by atoms with E-state index in [0.717, 1.165) is 0 Å². The van der Waals surface area contributed by atoms with Gasteiger partial charge in [0.15, 0.2) is 0 Å². The molecule has 1 rings (SSSR count). The van der Waals surface area contributed by atoms with Gasteiger partial charge in [-0.15, -0.1) is 0 Å². The first kappa shape index (κ1) is 16.4. The van der Waals surface area contributed by atoms with Gasteiger partial charge in [-0.05, 0) is 12.1 Å². The van der Waals surface area contributed by atoms with Crippen LogP contribution in [0.4, 0.5) is 0 Å². The molecule has 0 heterocycles. The van der Waals surface area contributed by atoms with Crippen LogP contribution in [-0.2, 0) is 14.2 Å². The normalized spacial score (nSPS) is 10.4. The fourth-order valence-corrected chi connectivity index (χ4v) is 1.47. The molecule has 0 bridgehead atoms. The smallest absolute Gasteiger partial charge is 0.252 e. The van der Waals surface area contributed by atoms with E-state index in [-0.39, 0.29) is 0 Å². The molecular weight excluding hydrogens is 262 g/mol. The van der Waals surface area contributed by atoms with E-state index in [1.807, 2.05) is 0 Å². The van der Waals surface area contributed by atoms with Gasteiger partial charge in [-0.25, -0.2) is 0 Å². The van der Waals surface area contributed by atoms with E-state index >= 15 is 0 Å². The highest BCUT2D eigenvalue weighted by atomic mass is 16.6. The highest BCUT2D eigenvalue weighted by Gasteiger charge is 2.07. The van der Waals surface area contributed by atoms with Crippen LogP contribution in [0.5, 0.6) is 5.75 Å². The topological polar surface area (TPSA) is 80.0 Å². The molecule has 20 heavy (non-hydrogen) atoms. The molecule has 0 spiro atoms. The molecule has 0 atom stereocenters. The summed E-state index contributed by atoms with van der Waals surface area (Å²) in [6, 6.07) is 6.85. The maximum Gasteiger partial charge on any atom is 0.252 e. The van der Waals surface area contributed by atoms with E-state index < -0.39 is 5.91 Å². The molecule has 6 heteroatoms. The number of amides is 1. The van der Waals surface area contributed by atoms with E-state index in [0.29, 0.717) is 51.0 Å². The summed E-state index contributed by atoms with van der Waals surface area (Å²) in [4.78, 5) is 11.2. The second-order valence-electron chi connectivity index (χ2n) is 3.93. The molecule has 0 fully saturated rings. The predicted molar refractivity (Wildman–Crippen MR) is 74.0 cm³/mol. The molecule has 1 aromatic rings. The Balaban J connectivity index is 2.11. The second-order valence-corrected chi connectivity index (χ2v) is 3.93. The number of methoxy groups -OCH3 is 1. The number of rotatable bonds is 11. The average molecular weight is 283 g/mol. The van der Waals surface area contributed by atoms with Crippen molar-refractivity contribution in [1.82, 2.24) is 0 Å². The van der Waals surface area contributed by atoms with Gasteiger partial charge in [-0.2, -0.15) is 0 Å². The van der Waals surface area contributed by atoms with Gasteiger partial charge in [0.1, 0.15) is 12.4 Å². The number of primary amides is 1. The lowest BCUT2D eigenvalue weighted by atomic mass is 10.2. The third-order valence-electron chi connectivity index (χ3n) is 2.44. The summed E-state index contributed by atoms with van der Waals surface area (Å²) in [5.41, 5.74) is 5.62. The van der Waals surface area contributed by atoms with Crippen LogP contribution in [0, 0.1) is 0 Å². The number of ether oxygens (including phenoxy) is 4. The number of benzene rings is 1. The van der Waals surface area contributed by atoms with Gasteiger partial charge in [0.05, 0.1) is 38.6 Å². The van der Waals surface area contributed by atoms with Crippen LogP contribution in [-0.4, -0.2) is 52.7 Å². The molecule has 1 amide bonds. The van der Waals surface area contributed by atoms with Gasteiger partial charge >= 0.3 is 0 Å². The number of hydrogen-bond acceptors (Lipinski definition) is 5. The lowest BCUT2D eigenvalue weighted by Gasteiger charge is -2.10. The largest absolute Gasteiger partial charge is 0.490 e. The Morgan fingerprint density at radius 3 is 2.25 bits per heavy atom. The van der Waals surface area contributed by atoms with Crippen LogP contribution in [0.1, 0.15) is 10.4 Å². The standard InChI is InChI=1S/C14H21NO5/c1-17-6-7-18-8-9-19-10-11-20-13-5-3-2-4-12(13)14(15)16/h2-5H,6-11H2,1H3,(H2,15,16). The van der Waals surface area contributed by atoms with Gasteiger partial charge in [-0.1, -0.05) is 12.1 Å². The summed E-state index contributed by atoms with van der Waals surface area (Å²) in [5, 5.41) is 0. The van der Waals surface area contributed by atoms with Crippen LogP contribution in [0.2, 0.25) is 0 Å². The number of carbonyl (C=O) groups is 1. The van der Waals surface area contributed by atoms with Gasteiger partial charge < -0.3 is 24.7 Å². The molecule has 0 radical (unpaired) electrons. The van der Waals surface area contributed by atoms with Gasteiger partial charge in [-0.3, -0.25) is 4.79 Å². The van der Waals surface area contributed by atoms with Crippen molar-refractivity contribution < 1.29 is 23.7 Å². The first-order chi connectivity index (χ1) is 9.75. The Hall–Kier alpha value is -1.63. The molecule has 6 nitrogen and oxygen atoms in total. The highest BCUT2D eigenvalue weighted by molar-refractivity contribution is 5.95. The van der Waals surface area contributed by atoms with Crippen LogP contribution >= 0.6 is 0 Å². The molecule has 2 N–H and O–H groups in total. The molecule has 0 aliphatic carbocycles. The van der Waals surface area contributed by atoms with Crippen LogP contribution in [0.15, 0.2) is 24.3 Å². The first-order valence-electron chi connectivity index (χ1n) is 6.41. The summed E-state index contributed by atoms with van der Waals surface area (Å²) < 4.78 is 20.9. The van der Waals surface area contributed by atoms with Crippen molar-refractivity contribution in [3.8, 4) is 5.75 Å². The molecule has 1 aromatic carbocycles. The SMILES string of the molecule is COCCOCCOCCOc1ccccc1C(N)=O. The van der Waals surface area contributed by atoms with Crippen LogP contribution in [0.3, 0.4) is 0 Å². The third kappa shape index (κ3) is 6.51. The number of carbonyl (C=O) groups excluding carboxylic acids is 1. The summed E-state index contributed by atoms with van der Waals surface area (Å²) in [5.74, 6) is -0.0343. The minimum atomic E-state index is -0.506. The average Bonchev–Trinajstić information content (AvgIpc) is 2.46. The fraction of sp³-hybridized carbons (Fsp3) is 0.500. The van der Waals surface area contributed by atoms with Crippen molar-refractivity contribution in [1.29, 1.82) is 0 Å².